The van der Waals surface area contributed by atoms with Crippen molar-refractivity contribution in [2.45, 2.75) is 45.2 Å². The summed E-state index contributed by atoms with van der Waals surface area (Å²) in [5.74, 6) is 1.03. The molecule has 1 fully saturated rings. The van der Waals surface area contributed by atoms with Gasteiger partial charge in [0.25, 0.3) is 0 Å². The number of hydrogen-bond donors (Lipinski definition) is 3. The highest BCUT2D eigenvalue weighted by atomic mass is 19.1. The van der Waals surface area contributed by atoms with Crippen LogP contribution in [0.1, 0.15) is 31.3 Å². The van der Waals surface area contributed by atoms with Crippen LogP contribution in [0.25, 0.3) is 5.52 Å². The molecule has 0 spiro atoms. The van der Waals surface area contributed by atoms with Crippen LogP contribution in [0, 0.1) is 6.92 Å². The smallest absolute Gasteiger partial charge is 0.407 e. The zero-order valence-corrected chi connectivity index (χ0v) is 16.2. The van der Waals surface area contributed by atoms with E-state index in [1.54, 1.807) is 36.8 Å². The van der Waals surface area contributed by atoms with Crippen LogP contribution in [0.15, 0.2) is 24.5 Å². The summed E-state index contributed by atoms with van der Waals surface area (Å²) in [4.78, 5) is 16.0. The van der Waals surface area contributed by atoms with Gasteiger partial charge in [-0.3, -0.25) is 5.10 Å². The number of carbonyl (C=O) groups is 1. The largest absolute Gasteiger partial charge is 0.441 e. The Morgan fingerprint density at radius 3 is 3.07 bits per heavy atom. The lowest BCUT2D eigenvalue weighted by Crippen LogP contribution is -2.36. The third-order valence-electron chi connectivity index (χ3n) is 4.41. The summed E-state index contributed by atoms with van der Waals surface area (Å²) in [6.07, 6.45) is -0.699. The summed E-state index contributed by atoms with van der Waals surface area (Å²) >= 11 is 0. The van der Waals surface area contributed by atoms with Crippen molar-refractivity contribution in [1.82, 2.24) is 30.1 Å². The number of alkyl carbamates (subject to hydrolysis) is 1. The van der Waals surface area contributed by atoms with Gasteiger partial charge in [-0.1, -0.05) is 0 Å². The van der Waals surface area contributed by atoms with Gasteiger partial charge in [0.05, 0.1) is 18.0 Å². The Morgan fingerprint density at radius 1 is 1.45 bits per heavy atom. The summed E-state index contributed by atoms with van der Waals surface area (Å²) in [6, 6.07) is 3.44. The third-order valence-corrected chi connectivity index (χ3v) is 4.41. The molecule has 3 aromatic rings. The highest BCUT2D eigenvalue weighted by Gasteiger charge is 2.42. The topological polar surface area (TPSA) is 118 Å². The van der Waals surface area contributed by atoms with Crippen LogP contribution in [0.4, 0.5) is 20.8 Å². The van der Waals surface area contributed by atoms with Gasteiger partial charge in [-0.25, -0.2) is 18.7 Å². The van der Waals surface area contributed by atoms with E-state index in [0.717, 1.165) is 11.2 Å². The number of anilines is 2. The number of aromatic nitrogens is 5. The van der Waals surface area contributed by atoms with Crippen LogP contribution in [0.5, 0.6) is 0 Å². The average molecular weight is 403 g/mol. The molecule has 154 valence electrons. The van der Waals surface area contributed by atoms with Crippen LogP contribution >= 0.6 is 0 Å². The average Bonchev–Trinajstić information content (AvgIpc) is 3.34. The van der Waals surface area contributed by atoms with Gasteiger partial charge in [-0.05, 0) is 26.8 Å². The molecule has 0 saturated carbocycles. The van der Waals surface area contributed by atoms with E-state index < -0.39 is 24.5 Å². The fourth-order valence-electron chi connectivity index (χ4n) is 3.15. The van der Waals surface area contributed by atoms with Crippen molar-refractivity contribution in [2.24, 2.45) is 0 Å². The Hall–Kier alpha value is -3.21. The Balaban J connectivity index is 1.44. The minimum Gasteiger partial charge on any atom is -0.441 e. The van der Waals surface area contributed by atoms with Crippen LogP contribution in [0.3, 0.4) is 0 Å². The predicted octanol–water partition coefficient (Wildman–Crippen LogP) is 2.42. The lowest BCUT2D eigenvalue weighted by Gasteiger charge is -2.16. The van der Waals surface area contributed by atoms with Gasteiger partial charge in [0.1, 0.15) is 11.6 Å². The highest BCUT2D eigenvalue weighted by Crippen LogP contribution is 2.33. The molecule has 29 heavy (non-hydrogen) atoms. The van der Waals surface area contributed by atoms with Gasteiger partial charge in [0.2, 0.25) is 0 Å². The summed E-state index contributed by atoms with van der Waals surface area (Å²) in [6.45, 7) is 5.45. The number of H-pyrrole nitrogens is 1. The second kappa shape index (κ2) is 7.66. The molecule has 4 heterocycles. The number of ether oxygens (including phenoxy) is 2. The van der Waals surface area contributed by atoms with E-state index in [0.29, 0.717) is 17.3 Å². The van der Waals surface area contributed by atoms with Crippen LogP contribution in [-0.4, -0.2) is 55.8 Å². The number of amides is 1. The van der Waals surface area contributed by atoms with Gasteiger partial charge in [0, 0.05) is 24.5 Å². The van der Waals surface area contributed by atoms with Gasteiger partial charge in [0.15, 0.2) is 23.9 Å². The zero-order chi connectivity index (χ0) is 20.5. The van der Waals surface area contributed by atoms with Gasteiger partial charge < -0.3 is 20.1 Å². The number of hydrogen-bond acceptors (Lipinski definition) is 7. The van der Waals surface area contributed by atoms with E-state index in [2.05, 4.69) is 30.9 Å². The second-order valence-corrected chi connectivity index (χ2v) is 7.17. The van der Waals surface area contributed by atoms with Crippen LogP contribution in [0.2, 0.25) is 0 Å². The van der Waals surface area contributed by atoms with Gasteiger partial charge in [-0.15, -0.1) is 0 Å². The SMILES string of the molecule is Cc1cc2c(Nc3cc([C@@H]4OC[C@H](OC(=O)NC(C)C)[C@@H]4F)[nH]n3)nccn2n1. The molecule has 1 aliphatic heterocycles. The first-order chi connectivity index (χ1) is 13.9. The van der Waals surface area contributed by atoms with E-state index in [9.17, 15) is 9.18 Å². The minimum atomic E-state index is -1.51. The Bertz CT molecular complexity index is 1020. The van der Waals surface area contributed by atoms with E-state index in [-0.39, 0.29) is 12.6 Å². The standard InChI is InChI=1S/C18H22FN7O3/c1-9(2)21-18(27)29-13-8-28-16(15(13)19)11-7-14(24-23-11)22-17-12-6-10(3)25-26(12)5-4-20-17/h4-7,9,13,15-16H,8H2,1-3H3,(H,21,27)(H2,20,22,23,24)/t13-,15-,16-/m0/s1. The molecule has 0 unspecified atom stereocenters. The fourth-order valence-corrected chi connectivity index (χ4v) is 3.15. The Kier molecular flexibility index (Phi) is 5.05. The molecule has 3 atom stereocenters. The van der Waals surface area contributed by atoms with Crippen molar-refractivity contribution in [3.8, 4) is 0 Å². The molecule has 1 saturated heterocycles. The minimum absolute atomic E-state index is 0.0326. The number of alkyl halides is 1. The molecular formula is C18H22FN7O3. The summed E-state index contributed by atoms with van der Waals surface area (Å²) < 4.78 is 27.1. The van der Waals surface area contributed by atoms with E-state index >= 15 is 0 Å². The number of halogens is 1. The molecule has 10 nitrogen and oxygen atoms in total. The molecule has 4 rings (SSSR count). The molecule has 0 aromatic carbocycles. The van der Waals surface area contributed by atoms with Crippen molar-refractivity contribution in [2.75, 3.05) is 11.9 Å². The molecule has 3 aromatic heterocycles. The molecule has 0 bridgehead atoms. The third kappa shape index (κ3) is 3.99. The number of rotatable bonds is 5. The normalized spacial score (nSPS) is 21.6. The lowest BCUT2D eigenvalue weighted by molar-refractivity contribution is 0.0615. The number of nitrogens with zero attached hydrogens (tertiary/aromatic N) is 4. The Labute approximate surface area is 165 Å². The predicted molar refractivity (Wildman–Crippen MR) is 102 cm³/mol. The van der Waals surface area contributed by atoms with Crippen molar-refractivity contribution >= 4 is 23.2 Å². The molecular weight excluding hydrogens is 381 g/mol. The first kappa shape index (κ1) is 19.1. The van der Waals surface area contributed by atoms with Crippen molar-refractivity contribution < 1.29 is 18.7 Å². The first-order valence-corrected chi connectivity index (χ1v) is 9.27. The number of aryl methyl sites for hydroxylation is 1. The van der Waals surface area contributed by atoms with E-state index in [1.807, 2.05) is 13.0 Å². The maximum atomic E-state index is 14.8. The van der Waals surface area contributed by atoms with E-state index in [4.69, 9.17) is 9.47 Å². The van der Waals surface area contributed by atoms with Crippen molar-refractivity contribution in [3.63, 3.8) is 0 Å². The van der Waals surface area contributed by atoms with Gasteiger partial charge >= 0.3 is 6.09 Å². The zero-order valence-electron chi connectivity index (χ0n) is 16.2. The molecule has 11 heteroatoms. The quantitative estimate of drug-likeness (QED) is 0.599. The molecule has 1 aliphatic rings. The number of nitrogens with one attached hydrogen (secondary N) is 3. The number of carbonyl (C=O) groups excluding carboxylic acids is 1. The summed E-state index contributed by atoms with van der Waals surface area (Å²) in [7, 11) is 0. The maximum Gasteiger partial charge on any atom is 0.407 e. The fraction of sp³-hybridized carbons (Fsp3) is 0.444. The molecule has 3 N–H and O–H groups in total. The van der Waals surface area contributed by atoms with E-state index in [1.165, 1.54) is 0 Å². The second-order valence-electron chi connectivity index (χ2n) is 7.17. The van der Waals surface area contributed by atoms with Crippen molar-refractivity contribution in [1.29, 1.82) is 0 Å². The summed E-state index contributed by atoms with van der Waals surface area (Å²) in [5, 5.41) is 16.9. The number of aromatic amines is 1. The molecule has 0 aliphatic carbocycles. The monoisotopic (exact) mass is 403 g/mol. The number of fused-ring (bicyclic) bond motifs is 1. The molecule has 0 radical (unpaired) electrons. The van der Waals surface area contributed by atoms with Gasteiger partial charge in [-0.2, -0.15) is 10.2 Å². The first-order valence-electron chi connectivity index (χ1n) is 9.27. The van der Waals surface area contributed by atoms with Crippen LogP contribution in [-0.2, 0) is 9.47 Å². The Morgan fingerprint density at radius 2 is 2.28 bits per heavy atom. The highest BCUT2D eigenvalue weighted by molar-refractivity contribution is 5.72. The molecule has 1 amide bonds. The summed E-state index contributed by atoms with van der Waals surface area (Å²) in [5.41, 5.74) is 2.09. The maximum absolute atomic E-state index is 14.8. The lowest BCUT2D eigenvalue weighted by atomic mass is 10.1. The van der Waals surface area contributed by atoms with Crippen molar-refractivity contribution in [3.05, 3.63) is 35.9 Å². The van der Waals surface area contributed by atoms with Crippen LogP contribution < -0.4 is 10.6 Å².